The predicted molar refractivity (Wildman–Crippen MR) is 119 cm³/mol. The summed E-state index contributed by atoms with van der Waals surface area (Å²) in [4.78, 5) is 24.1. The number of alkyl halides is 3. The Morgan fingerprint density at radius 2 is 1.88 bits per heavy atom. The first-order valence-corrected chi connectivity index (χ1v) is 10.2. The van der Waals surface area contributed by atoms with E-state index in [9.17, 15) is 33.7 Å². The number of phenolic OH excluding ortho intramolecular Hbond substituents is 1. The number of aliphatic hydroxyl groups is 1. The minimum Gasteiger partial charge on any atom is -0.508 e. The smallest absolute Gasteiger partial charge is 0.372 e. The monoisotopic (exact) mass is 553 g/mol. The molecule has 7 nitrogen and oxygen atoms in total. The molecule has 0 spiro atoms. The third-order valence-corrected chi connectivity index (χ3v) is 5.38. The fourth-order valence-electron chi connectivity index (χ4n) is 3.58. The van der Waals surface area contributed by atoms with E-state index in [-0.39, 0.29) is 34.1 Å². The number of aromatic hydroxyl groups is 1. The average molecular weight is 553 g/mol. The number of allylic oxidation sites excluding steroid dienone is 1. The van der Waals surface area contributed by atoms with E-state index in [0.29, 0.717) is 39.3 Å². The zero-order chi connectivity index (χ0) is 23.2. The van der Waals surface area contributed by atoms with Crippen LogP contribution in [0.4, 0.5) is 14.5 Å². The van der Waals surface area contributed by atoms with Crippen molar-refractivity contribution in [3.05, 3.63) is 82.6 Å². The number of carboxylic acid groups (broad SMARTS) is 1. The van der Waals surface area contributed by atoms with E-state index in [2.05, 4.69) is 5.32 Å². The Morgan fingerprint density at radius 1 is 1.12 bits per heavy atom. The van der Waals surface area contributed by atoms with Crippen LogP contribution < -0.4 is 10.1 Å². The highest BCUT2D eigenvalue weighted by atomic mass is 127. The maximum Gasteiger partial charge on any atom is 0.372 e. The Kier molecular flexibility index (Phi) is 5.41. The van der Waals surface area contributed by atoms with E-state index in [1.807, 2.05) is 0 Å². The Balaban J connectivity index is 2.03. The lowest BCUT2D eigenvalue weighted by atomic mass is 9.83. The minimum absolute atomic E-state index is 0.0105. The molecule has 4 rings (SSSR count). The zero-order valence-electron chi connectivity index (χ0n) is 16.0. The van der Waals surface area contributed by atoms with Crippen LogP contribution in [0.15, 0.2) is 66.0 Å². The SMILES string of the molecule is O=C(O)c1cccc(NC(=O)C(F)(F)I)c1C1=C2C=CC(O)=CC2Oc2cc(O)ccc21. The van der Waals surface area contributed by atoms with Crippen molar-refractivity contribution < 1.29 is 38.4 Å². The van der Waals surface area contributed by atoms with Gasteiger partial charge in [0, 0.05) is 62.7 Å². The molecule has 0 bridgehead atoms. The van der Waals surface area contributed by atoms with Crippen LogP contribution in [0, 0.1) is 0 Å². The van der Waals surface area contributed by atoms with E-state index >= 15 is 0 Å². The number of anilines is 1. The van der Waals surface area contributed by atoms with Crippen LogP contribution in [-0.4, -0.2) is 37.2 Å². The van der Waals surface area contributed by atoms with Crippen molar-refractivity contribution >= 4 is 45.7 Å². The van der Waals surface area contributed by atoms with Gasteiger partial charge in [0.2, 0.25) is 0 Å². The number of hydrogen-bond acceptors (Lipinski definition) is 5. The second-order valence-corrected chi connectivity index (χ2v) is 8.31. The van der Waals surface area contributed by atoms with Crippen LogP contribution in [0.1, 0.15) is 21.5 Å². The maximum atomic E-state index is 13.6. The van der Waals surface area contributed by atoms with E-state index in [1.165, 1.54) is 54.6 Å². The predicted octanol–water partition coefficient (Wildman–Crippen LogP) is 4.63. The number of ether oxygens (including phenoxy) is 1. The number of benzene rings is 2. The highest BCUT2D eigenvalue weighted by molar-refractivity contribution is 14.1. The van der Waals surface area contributed by atoms with Crippen molar-refractivity contribution in [2.75, 3.05) is 5.32 Å². The molecule has 164 valence electrons. The number of hydrogen-bond donors (Lipinski definition) is 4. The van der Waals surface area contributed by atoms with Crippen molar-refractivity contribution in [2.24, 2.45) is 0 Å². The molecule has 1 atom stereocenters. The number of fused-ring (bicyclic) bond motifs is 2. The van der Waals surface area contributed by atoms with Crippen molar-refractivity contribution in [1.29, 1.82) is 0 Å². The van der Waals surface area contributed by atoms with Crippen LogP contribution in [-0.2, 0) is 4.79 Å². The van der Waals surface area contributed by atoms with Crippen LogP contribution >= 0.6 is 22.6 Å². The highest BCUT2D eigenvalue weighted by Crippen LogP contribution is 2.46. The van der Waals surface area contributed by atoms with E-state index in [4.69, 9.17) is 4.74 Å². The normalized spacial score (nSPS) is 17.1. The molecule has 1 heterocycles. The number of phenols is 1. The lowest BCUT2D eigenvalue weighted by molar-refractivity contribution is -0.127. The third-order valence-electron chi connectivity index (χ3n) is 4.89. The summed E-state index contributed by atoms with van der Waals surface area (Å²) in [6.07, 6.45) is 3.42. The van der Waals surface area contributed by atoms with Crippen molar-refractivity contribution in [3.63, 3.8) is 0 Å². The molecule has 0 fully saturated rings. The zero-order valence-corrected chi connectivity index (χ0v) is 18.1. The van der Waals surface area contributed by atoms with Gasteiger partial charge in [0.25, 0.3) is 0 Å². The Hall–Kier alpha value is -3.41. The van der Waals surface area contributed by atoms with Gasteiger partial charge in [0.05, 0.1) is 5.56 Å². The lowest BCUT2D eigenvalue weighted by Crippen LogP contribution is -2.29. The third kappa shape index (κ3) is 3.93. The first kappa shape index (κ1) is 21.8. The van der Waals surface area contributed by atoms with Gasteiger partial charge in [-0.05, 0) is 30.3 Å². The summed E-state index contributed by atoms with van der Waals surface area (Å²) in [7, 11) is 0. The summed E-state index contributed by atoms with van der Waals surface area (Å²) < 4.78 is 29.3. The highest BCUT2D eigenvalue weighted by Gasteiger charge is 2.37. The van der Waals surface area contributed by atoms with Crippen LogP contribution in [0.25, 0.3) is 5.57 Å². The molecule has 2 aromatic rings. The Bertz CT molecular complexity index is 1250. The van der Waals surface area contributed by atoms with Gasteiger partial charge in [-0.25, -0.2) is 4.79 Å². The molecule has 1 aliphatic carbocycles. The number of carboxylic acids is 1. The quantitative estimate of drug-likeness (QED) is 0.324. The van der Waals surface area contributed by atoms with Crippen LogP contribution in [0.5, 0.6) is 11.5 Å². The number of halogens is 3. The number of carbonyl (C=O) groups excluding carboxylic acids is 1. The maximum absolute atomic E-state index is 13.6. The molecule has 1 unspecified atom stereocenters. The molecule has 0 saturated carbocycles. The van der Waals surface area contributed by atoms with Gasteiger partial charge in [-0.3, -0.25) is 4.79 Å². The molecule has 2 aromatic carbocycles. The number of rotatable bonds is 4. The second kappa shape index (κ2) is 7.93. The fourth-order valence-corrected chi connectivity index (χ4v) is 3.71. The van der Waals surface area contributed by atoms with Gasteiger partial charge in [-0.15, -0.1) is 0 Å². The topological polar surface area (TPSA) is 116 Å². The lowest BCUT2D eigenvalue weighted by Gasteiger charge is -2.31. The summed E-state index contributed by atoms with van der Waals surface area (Å²) >= 11 is 0.685. The summed E-state index contributed by atoms with van der Waals surface area (Å²) in [5, 5.41) is 31.7. The van der Waals surface area contributed by atoms with Gasteiger partial charge < -0.3 is 25.4 Å². The average Bonchev–Trinajstić information content (AvgIpc) is 2.71. The summed E-state index contributed by atoms with van der Waals surface area (Å²) in [6, 6.07) is 8.11. The molecule has 32 heavy (non-hydrogen) atoms. The van der Waals surface area contributed by atoms with Crippen molar-refractivity contribution in [3.8, 4) is 11.5 Å². The molecule has 1 aliphatic heterocycles. The number of aliphatic hydroxyl groups excluding tert-OH is 1. The summed E-state index contributed by atoms with van der Waals surface area (Å²) in [5.41, 5.74) is 0.713. The van der Waals surface area contributed by atoms with Crippen LogP contribution in [0.3, 0.4) is 0 Å². The molecule has 10 heteroatoms. The van der Waals surface area contributed by atoms with Gasteiger partial charge in [-0.2, -0.15) is 8.78 Å². The molecule has 0 radical (unpaired) electrons. The molecule has 1 amide bonds. The van der Waals surface area contributed by atoms with Crippen molar-refractivity contribution in [2.45, 2.75) is 10.0 Å². The van der Waals surface area contributed by atoms with E-state index in [1.54, 1.807) is 0 Å². The van der Waals surface area contributed by atoms with Gasteiger partial charge >= 0.3 is 15.8 Å². The number of carbonyl (C=O) groups is 2. The summed E-state index contributed by atoms with van der Waals surface area (Å²) in [5.74, 6) is -2.97. The van der Waals surface area contributed by atoms with Gasteiger partial charge in [-0.1, -0.05) is 12.1 Å². The van der Waals surface area contributed by atoms with Crippen molar-refractivity contribution in [1.82, 2.24) is 0 Å². The Morgan fingerprint density at radius 3 is 2.56 bits per heavy atom. The molecule has 2 aliphatic rings. The largest absolute Gasteiger partial charge is 0.508 e. The van der Waals surface area contributed by atoms with E-state index < -0.39 is 21.9 Å². The number of amides is 1. The molecule has 4 N–H and O–H groups in total. The molecular formula is C22H14F2INO6. The minimum atomic E-state index is -3.73. The Labute approximate surface area is 193 Å². The van der Waals surface area contributed by atoms with Crippen LogP contribution in [0.2, 0.25) is 0 Å². The molecular weight excluding hydrogens is 539 g/mol. The first-order valence-electron chi connectivity index (χ1n) is 9.14. The number of aromatic carboxylic acids is 1. The molecule has 0 saturated heterocycles. The van der Waals surface area contributed by atoms with E-state index in [0.717, 1.165) is 0 Å². The fraction of sp³-hybridized carbons (Fsp3) is 0.0909. The molecule has 0 aromatic heterocycles. The second-order valence-electron chi connectivity index (χ2n) is 6.96. The first-order chi connectivity index (χ1) is 15.1. The van der Waals surface area contributed by atoms with Gasteiger partial charge in [0.1, 0.15) is 23.4 Å². The number of nitrogens with one attached hydrogen (secondary N) is 1. The standard InChI is InChI=1S/C22H14F2INO6/c23-22(24,25)21(31)26-15-3-1-2-14(20(29)30)19(15)18-12-6-4-10(27)8-16(12)32-17-9-11(28)5-7-13(17)18/h1-9,16,27-28H,(H,26,31)(H,29,30). The summed E-state index contributed by atoms with van der Waals surface area (Å²) in [6.45, 7) is 0. The van der Waals surface area contributed by atoms with Gasteiger partial charge in [0.15, 0.2) is 0 Å².